The zero-order valence-electron chi connectivity index (χ0n) is 13.0. The van der Waals surface area contributed by atoms with E-state index >= 15 is 0 Å². The highest BCUT2D eigenvalue weighted by Crippen LogP contribution is 2.38. The van der Waals surface area contributed by atoms with Gasteiger partial charge >= 0.3 is 0 Å². The van der Waals surface area contributed by atoms with Gasteiger partial charge in [-0.25, -0.2) is 8.42 Å². The number of hydrogen-bond donors (Lipinski definition) is 0. The third-order valence-electron chi connectivity index (χ3n) is 4.12. The maximum Gasteiger partial charge on any atom is 0.268 e. The smallest absolute Gasteiger partial charge is 0.268 e. The lowest BCUT2D eigenvalue weighted by molar-refractivity contribution is 0.402. The minimum Gasteiger partial charge on any atom is -0.495 e. The molecular formula is C17H18BrNO3S. The molecule has 3 rings (SSSR count). The highest BCUT2D eigenvalue weighted by atomic mass is 79.9. The molecule has 1 heterocycles. The first-order valence-electron chi connectivity index (χ1n) is 7.41. The van der Waals surface area contributed by atoms with Crippen LogP contribution >= 0.6 is 15.9 Å². The van der Waals surface area contributed by atoms with Crippen LogP contribution in [-0.2, 0) is 16.4 Å². The van der Waals surface area contributed by atoms with E-state index < -0.39 is 10.0 Å². The van der Waals surface area contributed by atoms with Crippen molar-refractivity contribution in [3.63, 3.8) is 0 Å². The third kappa shape index (κ3) is 2.85. The molecule has 0 saturated heterocycles. The van der Waals surface area contributed by atoms with E-state index in [0.717, 1.165) is 24.1 Å². The van der Waals surface area contributed by atoms with Gasteiger partial charge in [0.15, 0.2) is 0 Å². The Bertz CT molecular complexity index is 835. The molecule has 0 amide bonds. The zero-order valence-corrected chi connectivity index (χ0v) is 15.4. The van der Waals surface area contributed by atoms with Gasteiger partial charge < -0.3 is 4.74 Å². The lowest BCUT2D eigenvalue weighted by Gasteiger charge is -2.36. The monoisotopic (exact) mass is 395 g/mol. The summed E-state index contributed by atoms with van der Waals surface area (Å²) >= 11 is 3.35. The summed E-state index contributed by atoms with van der Waals surface area (Å²) in [5.41, 5.74) is 1.82. The fourth-order valence-corrected chi connectivity index (χ4v) is 5.40. The Kier molecular flexibility index (Phi) is 4.38. The summed E-state index contributed by atoms with van der Waals surface area (Å²) in [6.45, 7) is 1.94. The van der Waals surface area contributed by atoms with Crippen molar-refractivity contribution in [1.29, 1.82) is 0 Å². The number of nitrogens with zero attached hydrogens (tertiary/aromatic N) is 1. The maximum atomic E-state index is 13.3. The van der Waals surface area contributed by atoms with Crippen LogP contribution < -0.4 is 9.04 Å². The minimum absolute atomic E-state index is 0.0985. The fraction of sp³-hybridized carbons (Fsp3) is 0.294. The Hall–Kier alpha value is -1.53. The number of aryl methyl sites for hydroxylation is 1. The quantitative estimate of drug-likeness (QED) is 0.788. The van der Waals surface area contributed by atoms with Gasteiger partial charge in [0.2, 0.25) is 0 Å². The number of halogens is 1. The van der Waals surface area contributed by atoms with E-state index in [1.165, 1.54) is 11.4 Å². The number of rotatable bonds is 3. The van der Waals surface area contributed by atoms with Crippen LogP contribution in [0.15, 0.2) is 51.8 Å². The molecule has 1 aliphatic heterocycles. The lowest BCUT2D eigenvalue weighted by atomic mass is 9.99. The maximum absolute atomic E-state index is 13.3. The highest BCUT2D eigenvalue weighted by Gasteiger charge is 2.35. The summed E-state index contributed by atoms with van der Waals surface area (Å²) in [5.74, 6) is 0.350. The molecule has 0 fully saturated rings. The van der Waals surface area contributed by atoms with E-state index in [4.69, 9.17) is 4.74 Å². The fourth-order valence-electron chi connectivity index (χ4n) is 2.98. The molecular weight excluding hydrogens is 378 g/mol. The van der Waals surface area contributed by atoms with Crippen LogP contribution in [0.1, 0.15) is 18.9 Å². The second-order valence-electron chi connectivity index (χ2n) is 5.61. The Labute approximate surface area is 145 Å². The van der Waals surface area contributed by atoms with Crippen LogP contribution in [0, 0.1) is 0 Å². The molecule has 0 radical (unpaired) electrons. The predicted molar refractivity (Wildman–Crippen MR) is 94.6 cm³/mol. The van der Waals surface area contributed by atoms with Crippen molar-refractivity contribution < 1.29 is 13.2 Å². The van der Waals surface area contributed by atoms with E-state index in [9.17, 15) is 8.42 Å². The average molecular weight is 396 g/mol. The molecule has 23 heavy (non-hydrogen) atoms. The van der Waals surface area contributed by atoms with Gasteiger partial charge in [0.05, 0.1) is 12.8 Å². The van der Waals surface area contributed by atoms with Crippen LogP contribution in [0.5, 0.6) is 5.75 Å². The average Bonchev–Trinajstić information content (AvgIpc) is 2.54. The van der Waals surface area contributed by atoms with Crippen molar-refractivity contribution in [3.8, 4) is 5.75 Å². The number of ether oxygens (including phenoxy) is 1. The standard InChI is InChI=1S/C17H18BrNO3S/c1-12-7-8-13-5-3-4-6-15(13)19(12)23(20,21)17-11-14(18)9-10-16(17)22-2/h3-6,9-12H,7-8H2,1-2H3/t12-/m0/s1. The van der Waals surface area contributed by atoms with Gasteiger partial charge in [-0.05, 0) is 49.6 Å². The van der Waals surface area contributed by atoms with Crippen molar-refractivity contribution in [2.24, 2.45) is 0 Å². The number of sulfonamides is 1. The molecule has 2 aromatic carbocycles. The molecule has 1 atom stereocenters. The van der Waals surface area contributed by atoms with E-state index in [1.807, 2.05) is 31.2 Å². The van der Waals surface area contributed by atoms with Gasteiger partial charge in [-0.3, -0.25) is 4.31 Å². The van der Waals surface area contributed by atoms with Gasteiger partial charge in [0, 0.05) is 10.5 Å². The van der Waals surface area contributed by atoms with Gasteiger partial charge in [-0.1, -0.05) is 34.1 Å². The van der Waals surface area contributed by atoms with Crippen LogP contribution in [0.25, 0.3) is 0 Å². The molecule has 0 bridgehead atoms. The molecule has 122 valence electrons. The summed E-state index contributed by atoms with van der Waals surface area (Å²) in [6, 6.07) is 12.6. The Balaban J connectivity index is 2.19. The van der Waals surface area contributed by atoms with Crippen molar-refractivity contribution >= 4 is 31.6 Å². The van der Waals surface area contributed by atoms with Gasteiger partial charge in [0.1, 0.15) is 10.6 Å². The van der Waals surface area contributed by atoms with Crippen molar-refractivity contribution in [2.75, 3.05) is 11.4 Å². The molecule has 0 spiro atoms. The number of para-hydroxylation sites is 1. The SMILES string of the molecule is COc1ccc(Br)cc1S(=O)(=O)N1c2ccccc2CC[C@@H]1C. The van der Waals surface area contributed by atoms with Crippen molar-refractivity contribution in [1.82, 2.24) is 0 Å². The van der Waals surface area contributed by atoms with E-state index in [2.05, 4.69) is 15.9 Å². The zero-order chi connectivity index (χ0) is 16.6. The summed E-state index contributed by atoms with van der Waals surface area (Å²) < 4.78 is 34.1. The first-order chi connectivity index (χ1) is 10.9. The summed E-state index contributed by atoms with van der Waals surface area (Å²) in [6.07, 6.45) is 1.69. The van der Waals surface area contributed by atoms with Gasteiger partial charge in [-0.15, -0.1) is 0 Å². The van der Waals surface area contributed by atoms with E-state index in [-0.39, 0.29) is 10.9 Å². The molecule has 0 saturated carbocycles. The van der Waals surface area contributed by atoms with Crippen molar-refractivity contribution in [2.45, 2.75) is 30.7 Å². The van der Waals surface area contributed by atoms with Crippen molar-refractivity contribution in [3.05, 3.63) is 52.5 Å². The topological polar surface area (TPSA) is 46.6 Å². The summed E-state index contributed by atoms with van der Waals surface area (Å²) in [7, 11) is -2.23. The number of benzene rings is 2. The molecule has 0 N–H and O–H groups in total. The van der Waals surface area contributed by atoms with Crippen LogP contribution in [0.4, 0.5) is 5.69 Å². The minimum atomic E-state index is -3.71. The lowest BCUT2D eigenvalue weighted by Crippen LogP contribution is -2.42. The summed E-state index contributed by atoms with van der Waals surface area (Å²) in [4.78, 5) is 0.179. The number of anilines is 1. The van der Waals surface area contributed by atoms with Gasteiger partial charge in [-0.2, -0.15) is 0 Å². The first-order valence-corrected chi connectivity index (χ1v) is 9.64. The largest absolute Gasteiger partial charge is 0.495 e. The molecule has 0 aliphatic carbocycles. The van der Waals surface area contributed by atoms with E-state index in [0.29, 0.717) is 10.2 Å². The summed E-state index contributed by atoms with van der Waals surface area (Å²) in [5, 5.41) is 0. The second-order valence-corrected chi connectivity index (χ2v) is 8.31. The van der Waals surface area contributed by atoms with Crippen LogP contribution in [0.3, 0.4) is 0 Å². The van der Waals surface area contributed by atoms with Crippen LogP contribution in [0.2, 0.25) is 0 Å². The molecule has 1 aliphatic rings. The van der Waals surface area contributed by atoms with Crippen LogP contribution in [-0.4, -0.2) is 21.6 Å². The number of methoxy groups -OCH3 is 1. The molecule has 0 aromatic heterocycles. The third-order valence-corrected chi connectivity index (χ3v) is 6.57. The molecule has 4 nitrogen and oxygen atoms in total. The molecule has 2 aromatic rings. The normalized spacial score (nSPS) is 17.7. The molecule has 6 heteroatoms. The Morgan fingerprint density at radius 3 is 2.70 bits per heavy atom. The first kappa shape index (κ1) is 16.3. The van der Waals surface area contributed by atoms with E-state index in [1.54, 1.807) is 18.2 Å². The van der Waals surface area contributed by atoms with Gasteiger partial charge in [0.25, 0.3) is 10.0 Å². The predicted octanol–water partition coefficient (Wildman–Crippen LogP) is 3.99. The second kappa shape index (κ2) is 6.17. The number of fused-ring (bicyclic) bond motifs is 1. The highest BCUT2D eigenvalue weighted by molar-refractivity contribution is 9.10. The number of hydrogen-bond acceptors (Lipinski definition) is 3. The Morgan fingerprint density at radius 1 is 1.22 bits per heavy atom. The molecule has 0 unspecified atom stereocenters. The Morgan fingerprint density at radius 2 is 1.96 bits per heavy atom.